The lowest BCUT2D eigenvalue weighted by Gasteiger charge is -2.44. The Morgan fingerprint density at radius 2 is 1.97 bits per heavy atom. The van der Waals surface area contributed by atoms with Gasteiger partial charge in [0.05, 0.1) is 13.2 Å². The summed E-state index contributed by atoms with van der Waals surface area (Å²) in [6, 6.07) is 13.9. The van der Waals surface area contributed by atoms with Crippen LogP contribution in [0.2, 0.25) is 0 Å². The van der Waals surface area contributed by atoms with E-state index in [4.69, 9.17) is 4.74 Å². The maximum absolute atomic E-state index is 12.8. The molecule has 2 aromatic carbocycles. The minimum absolute atomic E-state index is 0.0514. The number of halogens is 3. The second-order valence-corrected chi connectivity index (χ2v) is 8.56. The molecular weight excluding hydrogens is 431 g/mol. The number of hydrogen-bond acceptors (Lipinski definition) is 4. The van der Waals surface area contributed by atoms with Gasteiger partial charge in [0.25, 0.3) is 0 Å². The summed E-state index contributed by atoms with van der Waals surface area (Å²) in [5, 5.41) is 10.2. The first-order chi connectivity index (χ1) is 15.7. The van der Waals surface area contributed by atoms with E-state index in [1.165, 1.54) is 11.6 Å². The molecule has 3 atom stereocenters. The number of fused-ring (bicyclic) bond motifs is 1. The lowest BCUT2D eigenvalue weighted by molar-refractivity contribution is -0.303. The van der Waals surface area contributed by atoms with Gasteiger partial charge in [0.1, 0.15) is 11.5 Å². The van der Waals surface area contributed by atoms with Gasteiger partial charge in [0.2, 0.25) is 0 Å². The summed E-state index contributed by atoms with van der Waals surface area (Å²) < 4.78 is 47.9. The summed E-state index contributed by atoms with van der Waals surface area (Å²) in [7, 11) is 1.64. The van der Waals surface area contributed by atoms with Crippen molar-refractivity contribution in [2.75, 3.05) is 18.6 Å². The fraction of sp³-hybridized carbons (Fsp3) is 0.385. The van der Waals surface area contributed by atoms with Crippen molar-refractivity contribution < 1.29 is 27.8 Å². The van der Waals surface area contributed by atoms with E-state index in [0.29, 0.717) is 13.0 Å². The highest BCUT2D eigenvalue weighted by Crippen LogP contribution is 2.41. The molecule has 176 valence electrons. The van der Waals surface area contributed by atoms with Gasteiger partial charge in [0.15, 0.2) is 0 Å². The average Bonchev–Trinajstić information content (AvgIpc) is 2.77. The molecule has 0 radical (unpaired) electrons. The van der Waals surface area contributed by atoms with Crippen LogP contribution in [0.5, 0.6) is 5.75 Å². The van der Waals surface area contributed by atoms with Gasteiger partial charge in [-0.15, -0.1) is 13.2 Å². The Hall–Kier alpha value is -2.93. The highest BCUT2D eigenvalue weighted by Gasteiger charge is 2.36. The Labute approximate surface area is 191 Å². The third-order valence-electron chi connectivity index (χ3n) is 6.19. The summed E-state index contributed by atoms with van der Waals surface area (Å²) in [5.41, 5.74) is 4.32. The van der Waals surface area contributed by atoms with Crippen LogP contribution in [0.1, 0.15) is 25.3 Å². The van der Waals surface area contributed by atoms with E-state index >= 15 is 0 Å². The Morgan fingerprint density at radius 3 is 2.70 bits per heavy atom. The van der Waals surface area contributed by atoms with E-state index in [0.717, 1.165) is 35.4 Å². The van der Waals surface area contributed by atoms with Gasteiger partial charge < -0.3 is 19.5 Å². The zero-order valence-electron chi connectivity index (χ0n) is 18.7. The molecule has 0 aromatic heterocycles. The number of methoxy groups -OCH3 is 1. The fourth-order valence-electron chi connectivity index (χ4n) is 4.90. The van der Waals surface area contributed by atoms with Gasteiger partial charge in [-0.25, -0.2) is 0 Å². The minimum atomic E-state index is -4.72. The van der Waals surface area contributed by atoms with Crippen LogP contribution in [0.25, 0.3) is 11.1 Å². The number of aliphatic hydroxyl groups excluding tert-OH is 1. The molecule has 7 heteroatoms. The van der Waals surface area contributed by atoms with E-state index < -0.39 is 12.5 Å². The molecule has 1 heterocycles. The van der Waals surface area contributed by atoms with E-state index in [1.807, 2.05) is 36.4 Å². The average molecular weight is 460 g/mol. The first kappa shape index (κ1) is 23.2. The smallest absolute Gasteiger partial charge is 0.497 e. The zero-order chi connectivity index (χ0) is 23.6. The third kappa shape index (κ3) is 5.36. The summed E-state index contributed by atoms with van der Waals surface area (Å²) >= 11 is 0. The Bertz CT molecular complexity index is 1050. The van der Waals surface area contributed by atoms with Crippen LogP contribution in [-0.2, 0) is 11.2 Å². The minimum Gasteiger partial charge on any atom is -0.497 e. The molecular formula is C26H28F3NO3. The third-order valence-corrected chi connectivity index (χ3v) is 6.19. The van der Waals surface area contributed by atoms with Crippen molar-refractivity contribution in [1.29, 1.82) is 0 Å². The number of ether oxygens (including phenoxy) is 2. The number of hydrogen-bond donors (Lipinski definition) is 1. The van der Waals surface area contributed by atoms with E-state index in [9.17, 15) is 18.3 Å². The SMILES string of the molecule is COc1cccc(-c2cccc3c2CC[C@H](C2C=C(OC(F)(F)F)C=CC2)N3C[C@@H](C)O)c1. The van der Waals surface area contributed by atoms with E-state index in [1.54, 1.807) is 26.2 Å². The number of rotatable bonds is 6. The number of β-amino-alcohol motifs (C(OH)–C–C–N with tert-alkyl or cyclic N) is 1. The van der Waals surface area contributed by atoms with Crippen molar-refractivity contribution in [2.45, 2.75) is 44.7 Å². The molecule has 0 saturated heterocycles. The van der Waals surface area contributed by atoms with Crippen molar-refractivity contribution in [3.05, 3.63) is 72.0 Å². The quantitative estimate of drug-likeness (QED) is 0.588. The van der Waals surface area contributed by atoms with Crippen LogP contribution in [0.4, 0.5) is 18.9 Å². The number of alkyl halides is 3. The van der Waals surface area contributed by atoms with Crippen molar-refractivity contribution in [3.8, 4) is 16.9 Å². The zero-order valence-corrected chi connectivity index (χ0v) is 18.7. The van der Waals surface area contributed by atoms with E-state index in [2.05, 4.69) is 15.7 Å². The summed E-state index contributed by atoms with van der Waals surface area (Å²) in [4.78, 5) is 2.15. The molecule has 4 rings (SSSR count). The molecule has 1 aliphatic carbocycles. The molecule has 1 N–H and O–H groups in total. The second kappa shape index (κ2) is 9.51. The van der Waals surface area contributed by atoms with Crippen molar-refractivity contribution in [2.24, 2.45) is 5.92 Å². The molecule has 1 aliphatic heterocycles. The Balaban J connectivity index is 1.70. The summed E-state index contributed by atoms with van der Waals surface area (Å²) in [5.74, 6) is 0.447. The lowest BCUT2D eigenvalue weighted by atomic mass is 9.81. The predicted molar refractivity (Wildman–Crippen MR) is 122 cm³/mol. The maximum Gasteiger partial charge on any atom is 0.573 e. The molecule has 0 spiro atoms. The van der Waals surface area contributed by atoms with Gasteiger partial charge >= 0.3 is 6.36 Å². The van der Waals surface area contributed by atoms with Gasteiger partial charge in [0, 0.05) is 24.2 Å². The van der Waals surface area contributed by atoms with Crippen molar-refractivity contribution >= 4 is 5.69 Å². The molecule has 0 bridgehead atoms. The van der Waals surface area contributed by atoms with Crippen LogP contribution < -0.4 is 9.64 Å². The number of anilines is 1. The molecule has 2 aliphatic rings. The first-order valence-corrected chi connectivity index (χ1v) is 11.1. The lowest BCUT2D eigenvalue weighted by Crippen LogP contribution is -2.47. The van der Waals surface area contributed by atoms with Crippen LogP contribution in [0, 0.1) is 5.92 Å². The molecule has 33 heavy (non-hydrogen) atoms. The number of aliphatic hydroxyl groups is 1. The summed E-state index contributed by atoms with van der Waals surface area (Å²) in [6.07, 6.45) is 1.54. The highest BCUT2D eigenvalue weighted by atomic mass is 19.4. The molecule has 2 aromatic rings. The van der Waals surface area contributed by atoms with Crippen LogP contribution in [0.3, 0.4) is 0 Å². The normalized spacial score (nSPS) is 21.3. The predicted octanol–water partition coefficient (Wildman–Crippen LogP) is 5.86. The largest absolute Gasteiger partial charge is 0.573 e. The van der Waals surface area contributed by atoms with Crippen LogP contribution in [0.15, 0.2) is 66.5 Å². The number of benzene rings is 2. The van der Waals surface area contributed by atoms with Crippen LogP contribution in [-0.4, -0.2) is 37.3 Å². The molecule has 0 saturated carbocycles. The topological polar surface area (TPSA) is 41.9 Å². The second-order valence-electron chi connectivity index (χ2n) is 8.56. The molecule has 0 fully saturated rings. The highest BCUT2D eigenvalue weighted by molar-refractivity contribution is 5.76. The standard InChI is InChI=1S/C26H28F3NO3/c1-17(31)16-30-24(19-7-4-9-21(15-19)33-26(27,28)29)13-12-23-22(10-5-11-25(23)30)18-6-3-8-20(14-18)32-2/h3-6,8-11,14-15,17,19,24,31H,7,12-13,16H2,1-2H3/t17-,19?,24-/m1/s1. The molecule has 4 nitrogen and oxygen atoms in total. The monoisotopic (exact) mass is 459 g/mol. The number of allylic oxidation sites excluding steroid dienone is 2. The molecule has 0 amide bonds. The Morgan fingerprint density at radius 1 is 1.18 bits per heavy atom. The van der Waals surface area contributed by atoms with Gasteiger partial charge in [-0.05, 0) is 73.2 Å². The fourth-order valence-corrected chi connectivity index (χ4v) is 4.90. The van der Waals surface area contributed by atoms with Gasteiger partial charge in [-0.3, -0.25) is 0 Å². The van der Waals surface area contributed by atoms with E-state index in [-0.39, 0.29) is 17.7 Å². The van der Waals surface area contributed by atoms with Gasteiger partial charge in [-0.1, -0.05) is 30.3 Å². The van der Waals surface area contributed by atoms with Crippen molar-refractivity contribution in [1.82, 2.24) is 0 Å². The first-order valence-electron chi connectivity index (χ1n) is 11.1. The summed E-state index contributed by atoms with van der Waals surface area (Å²) in [6.45, 7) is 2.12. The van der Waals surface area contributed by atoms with Crippen LogP contribution >= 0.6 is 0 Å². The number of nitrogens with zero attached hydrogens (tertiary/aromatic N) is 1. The molecule has 1 unspecified atom stereocenters. The van der Waals surface area contributed by atoms with Crippen molar-refractivity contribution in [3.63, 3.8) is 0 Å². The van der Waals surface area contributed by atoms with Gasteiger partial charge in [-0.2, -0.15) is 0 Å². The maximum atomic E-state index is 12.8. The Kier molecular flexibility index (Phi) is 6.70.